The molecule has 4 rings (SSSR count). The van der Waals surface area contributed by atoms with Crippen LogP contribution in [0.1, 0.15) is 41.4 Å². The Kier molecular flexibility index (Phi) is 6.41. The van der Waals surface area contributed by atoms with Crippen LogP contribution in [0.5, 0.6) is 17.2 Å². The number of carbonyl (C=O) groups is 2. The maximum Gasteiger partial charge on any atom is 0.407 e. The predicted molar refractivity (Wildman–Crippen MR) is 122 cm³/mol. The van der Waals surface area contributed by atoms with Crippen molar-refractivity contribution in [3.63, 3.8) is 0 Å². The van der Waals surface area contributed by atoms with Gasteiger partial charge in [-0.3, -0.25) is 9.78 Å². The average Bonchev–Trinajstić information content (AvgIpc) is 2.92. The van der Waals surface area contributed by atoms with Gasteiger partial charge in [0, 0.05) is 25.8 Å². The fourth-order valence-corrected chi connectivity index (χ4v) is 4.61. The fourth-order valence-electron chi connectivity index (χ4n) is 4.02. The van der Waals surface area contributed by atoms with Gasteiger partial charge in [0.1, 0.15) is 17.2 Å². The molecule has 0 unspecified atom stereocenters. The third-order valence-corrected chi connectivity index (χ3v) is 7.10. The number of amides is 2. The summed E-state index contributed by atoms with van der Waals surface area (Å²) in [5, 5.41) is 9.25. The normalized spacial score (nSPS) is 17.9. The number of halogens is 3. The molecule has 2 aliphatic rings. The Balaban J connectivity index is 1.85. The van der Waals surface area contributed by atoms with E-state index in [2.05, 4.69) is 20.9 Å². The van der Waals surface area contributed by atoms with Crippen LogP contribution in [0, 0.1) is 12.7 Å². The van der Waals surface area contributed by atoms with E-state index >= 15 is 4.39 Å². The molecule has 2 amide bonds. The minimum absolute atomic E-state index is 0.00289. The van der Waals surface area contributed by atoms with Gasteiger partial charge < -0.3 is 24.4 Å². The van der Waals surface area contributed by atoms with Crippen LogP contribution in [0.2, 0.25) is 5.02 Å². The number of nitrogens with zero attached hydrogens (tertiary/aromatic N) is 3. The molecule has 0 radical (unpaired) electrons. The van der Waals surface area contributed by atoms with Crippen molar-refractivity contribution in [1.82, 2.24) is 14.8 Å². The lowest BCUT2D eigenvalue weighted by molar-refractivity contribution is 0.0389. The van der Waals surface area contributed by atoms with Crippen molar-refractivity contribution in [2.24, 2.45) is 0 Å². The molecule has 33 heavy (non-hydrogen) atoms. The number of pyridine rings is 1. The molecule has 3 heterocycles. The third-order valence-electron chi connectivity index (χ3n) is 5.77. The van der Waals surface area contributed by atoms with E-state index < -0.39 is 23.9 Å². The van der Waals surface area contributed by atoms with Crippen LogP contribution >= 0.6 is 27.5 Å². The molecule has 1 N–H and O–H groups in total. The lowest BCUT2D eigenvalue weighted by atomic mass is 10.1. The fraction of sp³-hybridized carbons (Fsp3) is 0.409. The minimum Gasteiger partial charge on any atom is -0.489 e. The van der Waals surface area contributed by atoms with Crippen molar-refractivity contribution < 1.29 is 28.6 Å². The van der Waals surface area contributed by atoms with Crippen molar-refractivity contribution in [3.8, 4) is 17.2 Å². The zero-order valence-electron chi connectivity index (χ0n) is 18.2. The number of rotatable bonds is 3. The highest BCUT2D eigenvalue weighted by Crippen LogP contribution is 2.48. The van der Waals surface area contributed by atoms with Gasteiger partial charge in [0.2, 0.25) is 0 Å². The number of aryl methyl sites for hydroxylation is 1. The van der Waals surface area contributed by atoms with Crippen molar-refractivity contribution in [2.45, 2.75) is 32.7 Å². The monoisotopic (exact) mass is 541 g/mol. The summed E-state index contributed by atoms with van der Waals surface area (Å²) in [7, 11) is 0. The summed E-state index contributed by atoms with van der Waals surface area (Å²) >= 11 is 9.51. The number of ether oxygens (including phenoxy) is 2. The molecular weight excluding hydrogens is 521 g/mol. The van der Waals surface area contributed by atoms with E-state index in [9.17, 15) is 14.7 Å². The molecule has 0 bridgehead atoms. The number of aromatic nitrogens is 1. The van der Waals surface area contributed by atoms with Crippen LogP contribution in [-0.4, -0.2) is 64.2 Å². The molecule has 1 aromatic carbocycles. The van der Waals surface area contributed by atoms with E-state index in [1.54, 1.807) is 12.3 Å². The summed E-state index contributed by atoms with van der Waals surface area (Å²) in [5.41, 5.74) is 1.21. The second kappa shape index (κ2) is 8.98. The van der Waals surface area contributed by atoms with E-state index in [4.69, 9.17) is 21.1 Å². The summed E-state index contributed by atoms with van der Waals surface area (Å²) < 4.78 is 27.4. The summed E-state index contributed by atoms with van der Waals surface area (Å²) in [6.45, 7) is 6.03. The van der Waals surface area contributed by atoms with Crippen LogP contribution in [0.3, 0.4) is 0 Å². The van der Waals surface area contributed by atoms with Gasteiger partial charge >= 0.3 is 6.09 Å². The Morgan fingerprint density at radius 1 is 1.39 bits per heavy atom. The van der Waals surface area contributed by atoms with Crippen molar-refractivity contribution >= 4 is 39.5 Å². The first-order valence-corrected chi connectivity index (χ1v) is 11.5. The third kappa shape index (κ3) is 4.10. The van der Waals surface area contributed by atoms with Crippen LogP contribution < -0.4 is 9.47 Å². The number of hydrogen-bond acceptors (Lipinski definition) is 5. The average molecular weight is 543 g/mol. The van der Waals surface area contributed by atoms with Gasteiger partial charge in [-0.15, -0.1) is 0 Å². The largest absolute Gasteiger partial charge is 0.489 e. The molecule has 2 aromatic rings. The molecule has 8 nitrogen and oxygen atoms in total. The van der Waals surface area contributed by atoms with Crippen molar-refractivity contribution in [1.29, 1.82) is 0 Å². The first kappa shape index (κ1) is 23.6. The SMILES string of the molecule is Cc1ccnc(C(C)C)c1Oc1c(F)c(Br)c(Cl)c2c1C(=O)N1CCN(C(=O)O)C[C@H]1CO2. The van der Waals surface area contributed by atoms with Crippen molar-refractivity contribution in [2.75, 3.05) is 26.2 Å². The summed E-state index contributed by atoms with van der Waals surface area (Å²) in [6, 6.07) is 1.19. The number of hydrogen-bond donors (Lipinski definition) is 1. The van der Waals surface area contributed by atoms with Gasteiger partial charge in [-0.1, -0.05) is 25.4 Å². The number of carbonyl (C=O) groups excluding carboxylic acids is 1. The minimum atomic E-state index is -1.08. The molecule has 1 atom stereocenters. The van der Waals surface area contributed by atoms with Gasteiger partial charge in [-0.25, -0.2) is 9.18 Å². The Morgan fingerprint density at radius 3 is 2.79 bits per heavy atom. The van der Waals surface area contributed by atoms with E-state index in [0.717, 1.165) is 5.56 Å². The Morgan fingerprint density at radius 2 is 2.12 bits per heavy atom. The zero-order chi connectivity index (χ0) is 24.0. The Hall–Kier alpha value is -2.59. The van der Waals surface area contributed by atoms with Crippen LogP contribution in [0.25, 0.3) is 0 Å². The van der Waals surface area contributed by atoms with E-state index in [0.29, 0.717) is 11.4 Å². The van der Waals surface area contributed by atoms with E-state index in [-0.39, 0.29) is 58.7 Å². The van der Waals surface area contributed by atoms with Gasteiger partial charge in [0.25, 0.3) is 5.91 Å². The maximum absolute atomic E-state index is 15.5. The Bertz CT molecular complexity index is 1150. The highest BCUT2D eigenvalue weighted by atomic mass is 79.9. The molecule has 2 aliphatic heterocycles. The number of fused-ring (bicyclic) bond motifs is 2. The topological polar surface area (TPSA) is 92.2 Å². The van der Waals surface area contributed by atoms with Crippen LogP contribution in [0.15, 0.2) is 16.7 Å². The van der Waals surface area contributed by atoms with Crippen LogP contribution in [-0.2, 0) is 0 Å². The summed E-state index contributed by atoms with van der Waals surface area (Å²) in [5.74, 6) is -1.35. The molecule has 176 valence electrons. The van der Waals surface area contributed by atoms with Crippen LogP contribution in [0.4, 0.5) is 9.18 Å². The molecule has 0 spiro atoms. The Labute approximate surface area is 203 Å². The van der Waals surface area contributed by atoms with E-state index in [1.165, 1.54) is 9.80 Å². The van der Waals surface area contributed by atoms with Gasteiger partial charge in [-0.05, 0) is 40.4 Å². The number of carboxylic acid groups (broad SMARTS) is 1. The van der Waals surface area contributed by atoms with Crippen molar-refractivity contribution in [3.05, 3.63) is 44.4 Å². The first-order valence-electron chi connectivity index (χ1n) is 10.4. The lowest BCUT2D eigenvalue weighted by Crippen LogP contribution is -2.57. The van der Waals surface area contributed by atoms with Gasteiger partial charge in [0.05, 0.1) is 16.2 Å². The summed E-state index contributed by atoms with van der Waals surface area (Å²) in [4.78, 5) is 32.1. The first-order chi connectivity index (χ1) is 15.6. The maximum atomic E-state index is 15.5. The lowest BCUT2D eigenvalue weighted by Gasteiger charge is -2.38. The zero-order valence-corrected chi connectivity index (χ0v) is 20.5. The second-order valence-electron chi connectivity index (χ2n) is 8.27. The second-order valence-corrected chi connectivity index (χ2v) is 9.44. The quantitative estimate of drug-likeness (QED) is 0.545. The molecule has 1 aromatic heterocycles. The highest BCUT2D eigenvalue weighted by molar-refractivity contribution is 9.10. The molecule has 1 saturated heterocycles. The molecule has 0 aliphatic carbocycles. The van der Waals surface area contributed by atoms with Gasteiger partial charge in [-0.2, -0.15) is 0 Å². The predicted octanol–water partition coefficient (Wildman–Crippen LogP) is 5.06. The molecule has 11 heteroatoms. The van der Waals surface area contributed by atoms with E-state index in [1.807, 2.05) is 20.8 Å². The standard InChI is InChI=1S/C22H22BrClFN3O5/c1-10(2)17-18(11(3)4-5-26-17)33-20-13-19(15(24)14(23)16(20)25)32-9-12-8-27(22(30)31)6-7-28(12)21(13)29/h4-5,10,12H,6-9H2,1-3H3,(H,30,31)/t12-/m0/s1. The summed E-state index contributed by atoms with van der Waals surface area (Å²) in [6.07, 6.45) is 0.570. The smallest absolute Gasteiger partial charge is 0.407 e. The molecular formula is C22H22BrClFN3O5. The number of benzene rings is 1. The van der Waals surface area contributed by atoms with Gasteiger partial charge in [0.15, 0.2) is 23.1 Å². The highest BCUT2D eigenvalue weighted by Gasteiger charge is 2.41. The number of piperazine rings is 1. The molecule has 0 saturated carbocycles. The molecule has 1 fully saturated rings.